The highest BCUT2D eigenvalue weighted by atomic mass is 127. The van der Waals surface area contributed by atoms with Gasteiger partial charge in [-0.3, -0.25) is 4.79 Å². The molecule has 1 aliphatic rings. The Morgan fingerprint density at radius 3 is 2.53 bits per heavy atom. The smallest absolute Gasteiger partial charge is 0.339 e. The SMILES string of the molecule is O=C(OCC(=O)N1CCCCC1)c1ccccc1I. The van der Waals surface area contributed by atoms with Crippen LogP contribution in [0.3, 0.4) is 0 Å². The number of carbonyl (C=O) groups excluding carboxylic acids is 2. The van der Waals surface area contributed by atoms with Crippen LogP contribution in [0.25, 0.3) is 0 Å². The summed E-state index contributed by atoms with van der Waals surface area (Å²) in [4.78, 5) is 25.5. The summed E-state index contributed by atoms with van der Waals surface area (Å²) in [6, 6.07) is 7.18. The summed E-state index contributed by atoms with van der Waals surface area (Å²) in [7, 11) is 0. The Morgan fingerprint density at radius 2 is 1.84 bits per heavy atom. The minimum absolute atomic E-state index is 0.0982. The van der Waals surface area contributed by atoms with E-state index in [0.717, 1.165) is 29.5 Å². The summed E-state index contributed by atoms with van der Waals surface area (Å²) in [5.74, 6) is -0.533. The maximum atomic E-state index is 11.9. The first kappa shape index (κ1) is 14.3. The first-order valence-electron chi connectivity index (χ1n) is 6.38. The highest BCUT2D eigenvalue weighted by molar-refractivity contribution is 14.1. The molecule has 0 atom stereocenters. The van der Waals surface area contributed by atoms with Crippen molar-refractivity contribution in [1.29, 1.82) is 0 Å². The Morgan fingerprint density at radius 1 is 1.16 bits per heavy atom. The summed E-state index contributed by atoms with van der Waals surface area (Å²) in [5.41, 5.74) is 0.509. The Labute approximate surface area is 126 Å². The second kappa shape index (κ2) is 6.88. The van der Waals surface area contributed by atoms with Crippen molar-refractivity contribution in [3.63, 3.8) is 0 Å². The van der Waals surface area contributed by atoms with Crippen LogP contribution >= 0.6 is 22.6 Å². The lowest BCUT2D eigenvalue weighted by atomic mass is 10.1. The van der Waals surface area contributed by atoms with E-state index in [-0.39, 0.29) is 12.5 Å². The summed E-state index contributed by atoms with van der Waals surface area (Å²) in [5, 5.41) is 0. The average molecular weight is 373 g/mol. The second-order valence-corrected chi connectivity index (χ2v) is 5.66. The fourth-order valence-corrected chi connectivity index (χ4v) is 2.67. The van der Waals surface area contributed by atoms with Gasteiger partial charge in [0, 0.05) is 16.7 Å². The normalized spacial score (nSPS) is 15.1. The summed E-state index contributed by atoms with van der Waals surface area (Å²) in [6.07, 6.45) is 3.25. The Kier molecular flexibility index (Phi) is 5.18. The molecule has 1 fully saturated rings. The number of hydrogen-bond acceptors (Lipinski definition) is 3. The maximum absolute atomic E-state index is 11.9. The van der Waals surface area contributed by atoms with Gasteiger partial charge in [-0.15, -0.1) is 0 Å². The number of likely N-dealkylation sites (tertiary alicyclic amines) is 1. The monoisotopic (exact) mass is 373 g/mol. The van der Waals surface area contributed by atoms with Crippen LogP contribution in [0.2, 0.25) is 0 Å². The lowest BCUT2D eigenvalue weighted by Crippen LogP contribution is -2.38. The molecule has 0 aliphatic carbocycles. The third-order valence-electron chi connectivity index (χ3n) is 3.13. The molecule has 1 aromatic rings. The van der Waals surface area contributed by atoms with E-state index in [0.29, 0.717) is 5.56 Å². The van der Waals surface area contributed by atoms with Crippen LogP contribution in [-0.2, 0) is 9.53 Å². The molecule has 0 N–H and O–H groups in total. The van der Waals surface area contributed by atoms with E-state index in [2.05, 4.69) is 22.6 Å². The van der Waals surface area contributed by atoms with E-state index in [1.54, 1.807) is 17.0 Å². The molecule has 1 heterocycles. The maximum Gasteiger partial charge on any atom is 0.339 e. The van der Waals surface area contributed by atoms with Gasteiger partial charge in [0.05, 0.1) is 5.56 Å². The molecule has 4 nitrogen and oxygen atoms in total. The van der Waals surface area contributed by atoms with Crippen LogP contribution in [0.4, 0.5) is 0 Å². The summed E-state index contributed by atoms with van der Waals surface area (Å²) in [6.45, 7) is 1.39. The van der Waals surface area contributed by atoms with Crippen molar-refractivity contribution in [2.24, 2.45) is 0 Å². The number of rotatable bonds is 3. The number of benzene rings is 1. The van der Waals surface area contributed by atoms with Crippen LogP contribution in [-0.4, -0.2) is 36.5 Å². The number of carbonyl (C=O) groups is 2. The molecule has 0 unspecified atom stereocenters. The van der Waals surface area contributed by atoms with Crippen molar-refractivity contribution in [2.75, 3.05) is 19.7 Å². The Bertz CT molecular complexity index is 470. The van der Waals surface area contributed by atoms with E-state index in [4.69, 9.17) is 4.74 Å². The van der Waals surface area contributed by atoms with Crippen molar-refractivity contribution in [3.8, 4) is 0 Å². The molecule has 1 aromatic carbocycles. The Hall–Kier alpha value is -1.11. The van der Waals surface area contributed by atoms with E-state index in [1.807, 2.05) is 12.1 Å². The van der Waals surface area contributed by atoms with Crippen molar-refractivity contribution in [1.82, 2.24) is 4.90 Å². The van der Waals surface area contributed by atoms with Gasteiger partial charge in [-0.1, -0.05) is 12.1 Å². The molecular weight excluding hydrogens is 357 g/mol. The van der Waals surface area contributed by atoms with Gasteiger partial charge in [0.1, 0.15) is 0 Å². The molecule has 1 amide bonds. The molecule has 0 aromatic heterocycles. The van der Waals surface area contributed by atoms with Crippen molar-refractivity contribution < 1.29 is 14.3 Å². The van der Waals surface area contributed by atoms with Crippen LogP contribution < -0.4 is 0 Å². The molecular formula is C14H16INO3. The third-order valence-corrected chi connectivity index (χ3v) is 4.07. The van der Waals surface area contributed by atoms with Crippen molar-refractivity contribution in [3.05, 3.63) is 33.4 Å². The molecule has 1 aliphatic heterocycles. The van der Waals surface area contributed by atoms with Gasteiger partial charge in [0.2, 0.25) is 0 Å². The minimum Gasteiger partial charge on any atom is -0.452 e. The van der Waals surface area contributed by atoms with Gasteiger partial charge in [-0.05, 0) is 54.0 Å². The van der Waals surface area contributed by atoms with Crippen LogP contribution in [0.5, 0.6) is 0 Å². The molecule has 0 saturated carbocycles. The van der Waals surface area contributed by atoms with Gasteiger partial charge < -0.3 is 9.64 Å². The van der Waals surface area contributed by atoms with Crippen LogP contribution in [0.15, 0.2) is 24.3 Å². The van der Waals surface area contributed by atoms with Crippen LogP contribution in [0.1, 0.15) is 29.6 Å². The minimum atomic E-state index is -0.435. The predicted molar refractivity (Wildman–Crippen MR) is 79.9 cm³/mol. The predicted octanol–water partition coefficient (Wildman–Crippen LogP) is 2.46. The molecule has 19 heavy (non-hydrogen) atoms. The van der Waals surface area contributed by atoms with E-state index in [9.17, 15) is 9.59 Å². The first-order chi connectivity index (χ1) is 9.18. The fourth-order valence-electron chi connectivity index (χ4n) is 2.07. The number of esters is 1. The van der Waals surface area contributed by atoms with E-state index < -0.39 is 5.97 Å². The molecule has 0 bridgehead atoms. The topological polar surface area (TPSA) is 46.6 Å². The van der Waals surface area contributed by atoms with Gasteiger partial charge in [0.25, 0.3) is 5.91 Å². The number of ether oxygens (including phenoxy) is 1. The van der Waals surface area contributed by atoms with Crippen molar-refractivity contribution >= 4 is 34.5 Å². The molecule has 0 spiro atoms. The first-order valence-corrected chi connectivity index (χ1v) is 7.46. The zero-order valence-corrected chi connectivity index (χ0v) is 12.8. The van der Waals surface area contributed by atoms with Gasteiger partial charge >= 0.3 is 5.97 Å². The van der Waals surface area contributed by atoms with Gasteiger partial charge in [-0.2, -0.15) is 0 Å². The number of amides is 1. The average Bonchev–Trinajstić information content (AvgIpc) is 2.46. The molecule has 5 heteroatoms. The number of piperidine rings is 1. The fraction of sp³-hybridized carbons (Fsp3) is 0.429. The van der Waals surface area contributed by atoms with Crippen LogP contribution in [0, 0.1) is 3.57 Å². The quantitative estimate of drug-likeness (QED) is 0.604. The number of hydrogen-bond donors (Lipinski definition) is 0. The van der Waals surface area contributed by atoms with Gasteiger partial charge in [0.15, 0.2) is 6.61 Å². The zero-order chi connectivity index (χ0) is 13.7. The third kappa shape index (κ3) is 3.92. The summed E-state index contributed by atoms with van der Waals surface area (Å²) < 4.78 is 5.92. The summed E-state index contributed by atoms with van der Waals surface area (Å²) >= 11 is 2.08. The van der Waals surface area contributed by atoms with Crippen molar-refractivity contribution in [2.45, 2.75) is 19.3 Å². The highest BCUT2D eigenvalue weighted by Gasteiger charge is 2.19. The standard InChI is InChI=1S/C14H16INO3/c15-12-7-3-2-6-11(12)14(18)19-10-13(17)16-8-4-1-5-9-16/h2-3,6-7H,1,4-5,8-10H2. The molecule has 2 rings (SSSR count). The lowest BCUT2D eigenvalue weighted by Gasteiger charge is -2.26. The number of nitrogens with zero attached hydrogens (tertiary/aromatic N) is 1. The van der Waals surface area contributed by atoms with E-state index >= 15 is 0 Å². The molecule has 1 saturated heterocycles. The molecule has 0 radical (unpaired) electrons. The zero-order valence-electron chi connectivity index (χ0n) is 10.6. The molecule has 102 valence electrons. The largest absolute Gasteiger partial charge is 0.452 e. The highest BCUT2D eigenvalue weighted by Crippen LogP contribution is 2.13. The van der Waals surface area contributed by atoms with Gasteiger partial charge in [-0.25, -0.2) is 4.79 Å². The Balaban J connectivity index is 1.86. The van der Waals surface area contributed by atoms with E-state index in [1.165, 1.54) is 6.42 Å². The second-order valence-electron chi connectivity index (χ2n) is 4.50. The number of halogens is 1. The lowest BCUT2D eigenvalue weighted by molar-refractivity contribution is -0.135.